The highest BCUT2D eigenvalue weighted by Crippen LogP contribution is 2.35. The molecular weight excluding hydrogens is 270 g/mol. The van der Waals surface area contributed by atoms with Crippen LogP contribution < -0.4 is 0 Å². The fraction of sp³-hybridized carbons (Fsp3) is 0.625. The normalized spacial score (nSPS) is 18.6. The van der Waals surface area contributed by atoms with Crippen LogP contribution in [0.3, 0.4) is 0 Å². The Kier molecular flexibility index (Phi) is 3.97. The largest absolute Gasteiger partial charge is 0.309 e. The van der Waals surface area contributed by atoms with Gasteiger partial charge in [0.15, 0.2) is 5.65 Å². The third kappa shape index (κ3) is 2.44. The van der Waals surface area contributed by atoms with E-state index in [1.54, 1.807) is 0 Å². The smallest absolute Gasteiger partial charge is 0.160 e. The van der Waals surface area contributed by atoms with Gasteiger partial charge in [0, 0.05) is 11.7 Å². The average molecular weight is 292 g/mol. The molecule has 0 aromatic carbocycles. The minimum Gasteiger partial charge on any atom is -0.309 e. The fourth-order valence-electron chi connectivity index (χ4n) is 3.46. The third-order valence-electron chi connectivity index (χ3n) is 4.61. The topological polar surface area (TPSA) is 30.7 Å². The number of nitrogens with zero attached hydrogens (tertiary/aromatic N) is 3. The zero-order valence-electron chi connectivity index (χ0n) is 12.3. The van der Waals surface area contributed by atoms with E-state index in [0.29, 0.717) is 11.9 Å². The second kappa shape index (κ2) is 5.72. The lowest BCUT2D eigenvalue weighted by atomic mass is 9.84. The lowest BCUT2D eigenvalue weighted by molar-refractivity contribution is 0.264. The Balaban J connectivity index is 2.05. The highest BCUT2D eigenvalue weighted by Gasteiger charge is 2.25. The number of aryl methyl sites for hydroxylation is 1. The summed E-state index contributed by atoms with van der Waals surface area (Å²) in [6, 6.07) is 4.50. The number of aromatic nitrogens is 3. The molecule has 1 aliphatic carbocycles. The molecule has 3 nitrogen and oxygen atoms in total. The van der Waals surface area contributed by atoms with Crippen LogP contribution in [0, 0.1) is 12.8 Å². The maximum absolute atomic E-state index is 6.12. The summed E-state index contributed by atoms with van der Waals surface area (Å²) in [6.45, 7) is 4.33. The van der Waals surface area contributed by atoms with Gasteiger partial charge in [0.2, 0.25) is 0 Å². The van der Waals surface area contributed by atoms with E-state index >= 15 is 0 Å². The van der Waals surface area contributed by atoms with Gasteiger partial charge in [0.1, 0.15) is 11.3 Å². The van der Waals surface area contributed by atoms with Crippen LogP contribution in [0.2, 0.25) is 0 Å². The molecule has 0 saturated heterocycles. The van der Waals surface area contributed by atoms with Gasteiger partial charge >= 0.3 is 0 Å². The molecule has 108 valence electrons. The summed E-state index contributed by atoms with van der Waals surface area (Å²) in [4.78, 5) is 9.36. The molecule has 1 unspecified atom stereocenters. The van der Waals surface area contributed by atoms with Gasteiger partial charge < -0.3 is 4.57 Å². The van der Waals surface area contributed by atoms with E-state index in [4.69, 9.17) is 16.6 Å². The number of alkyl halides is 1. The van der Waals surface area contributed by atoms with Crippen LogP contribution in [0.5, 0.6) is 0 Å². The summed E-state index contributed by atoms with van der Waals surface area (Å²) >= 11 is 6.12. The van der Waals surface area contributed by atoms with Gasteiger partial charge in [-0.15, -0.1) is 11.6 Å². The Morgan fingerprint density at radius 3 is 2.70 bits per heavy atom. The van der Waals surface area contributed by atoms with E-state index in [0.717, 1.165) is 28.6 Å². The molecular formula is C16H22ClN3. The van der Waals surface area contributed by atoms with E-state index < -0.39 is 0 Å². The summed E-state index contributed by atoms with van der Waals surface area (Å²) in [5.74, 6) is 2.13. The SMILES string of the molecule is Cc1ccc2nc(CCl)n(C(C)C3CCCCC3)c2n1. The van der Waals surface area contributed by atoms with Crippen molar-refractivity contribution in [2.75, 3.05) is 0 Å². The highest BCUT2D eigenvalue weighted by molar-refractivity contribution is 6.16. The Morgan fingerprint density at radius 1 is 1.25 bits per heavy atom. The van der Waals surface area contributed by atoms with Gasteiger partial charge in [-0.25, -0.2) is 9.97 Å². The van der Waals surface area contributed by atoms with Crippen LogP contribution in [0.15, 0.2) is 12.1 Å². The number of fused-ring (bicyclic) bond motifs is 1. The monoisotopic (exact) mass is 291 g/mol. The van der Waals surface area contributed by atoms with Crippen molar-refractivity contribution in [2.24, 2.45) is 5.92 Å². The van der Waals surface area contributed by atoms with Gasteiger partial charge in [-0.3, -0.25) is 0 Å². The van der Waals surface area contributed by atoms with Crippen LogP contribution in [0.1, 0.15) is 56.6 Å². The number of pyridine rings is 1. The van der Waals surface area contributed by atoms with Crippen molar-refractivity contribution >= 4 is 22.8 Å². The molecule has 0 N–H and O–H groups in total. The molecule has 2 aromatic heterocycles. The Morgan fingerprint density at radius 2 is 2.00 bits per heavy atom. The quantitative estimate of drug-likeness (QED) is 0.773. The predicted octanol–water partition coefficient (Wildman–Crippen LogP) is 4.62. The van der Waals surface area contributed by atoms with Crippen molar-refractivity contribution in [1.29, 1.82) is 0 Å². The van der Waals surface area contributed by atoms with Crippen molar-refractivity contribution in [1.82, 2.24) is 14.5 Å². The van der Waals surface area contributed by atoms with Crippen LogP contribution in [-0.2, 0) is 5.88 Å². The van der Waals surface area contributed by atoms with Crippen molar-refractivity contribution in [3.63, 3.8) is 0 Å². The molecule has 1 fully saturated rings. The first-order valence-electron chi connectivity index (χ1n) is 7.61. The summed E-state index contributed by atoms with van der Waals surface area (Å²) in [5, 5.41) is 0. The zero-order valence-corrected chi connectivity index (χ0v) is 13.0. The van der Waals surface area contributed by atoms with Crippen molar-refractivity contribution in [3.8, 4) is 0 Å². The summed E-state index contributed by atoms with van der Waals surface area (Å²) in [7, 11) is 0. The van der Waals surface area contributed by atoms with Crippen molar-refractivity contribution in [3.05, 3.63) is 23.7 Å². The van der Waals surface area contributed by atoms with Gasteiger partial charge in [-0.1, -0.05) is 19.3 Å². The summed E-state index contributed by atoms with van der Waals surface area (Å²) < 4.78 is 2.28. The van der Waals surface area contributed by atoms with Crippen LogP contribution in [0.25, 0.3) is 11.2 Å². The lowest BCUT2D eigenvalue weighted by Crippen LogP contribution is -2.21. The fourth-order valence-corrected chi connectivity index (χ4v) is 3.65. The van der Waals surface area contributed by atoms with E-state index in [2.05, 4.69) is 22.5 Å². The van der Waals surface area contributed by atoms with Crippen LogP contribution in [-0.4, -0.2) is 14.5 Å². The first-order valence-corrected chi connectivity index (χ1v) is 8.14. The molecule has 0 bridgehead atoms. The molecule has 1 saturated carbocycles. The highest BCUT2D eigenvalue weighted by atomic mass is 35.5. The van der Waals surface area contributed by atoms with Crippen LogP contribution >= 0.6 is 11.6 Å². The second-order valence-corrected chi connectivity index (χ2v) is 6.23. The number of hydrogen-bond donors (Lipinski definition) is 0. The molecule has 0 amide bonds. The van der Waals surface area contributed by atoms with Crippen molar-refractivity contribution < 1.29 is 0 Å². The molecule has 2 heterocycles. The Labute approximate surface area is 125 Å². The molecule has 20 heavy (non-hydrogen) atoms. The molecule has 1 atom stereocenters. The first kappa shape index (κ1) is 13.9. The van der Waals surface area contributed by atoms with E-state index in [1.807, 2.05) is 13.0 Å². The van der Waals surface area contributed by atoms with Crippen LogP contribution in [0.4, 0.5) is 0 Å². The van der Waals surface area contributed by atoms with Gasteiger partial charge in [-0.2, -0.15) is 0 Å². The van der Waals surface area contributed by atoms with Gasteiger partial charge in [0.05, 0.1) is 5.88 Å². The number of hydrogen-bond acceptors (Lipinski definition) is 2. The van der Waals surface area contributed by atoms with Gasteiger partial charge in [0.25, 0.3) is 0 Å². The third-order valence-corrected chi connectivity index (χ3v) is 4.85. The number of rotatable bonds is 3. The predicted molar refractivity (Wildman–Crippen MR) is 83.1 cm³/mol. The van der Waals surface area contributed by atoms with E-state index in [9.17, 15) is 0 Å². The molecule has 4 heteroatoms. The molecule has 0 aliphatic heterocycles. The first-order chi connectivity index (χ1) is 9.70. The maximum atomic E-state index is 6.12. The molecule has 1 aliphatic rings. The minimum atomic E-state index is 0.434. The molecule has 0 radical (unpaired) electrons. The molecule has 2 aromatic rings. The maximum Gasteiger partial charge on any atom is 0.160 e. The summed E-state index contributed by atoms with van der Waals surface area (Å²) in [6.07, 6.45) is 6.71. The molecule has 3 rings (SSSR count). The molecule has 0 spiro atoms. The average Bonchev–Trinajstić information content (AvgIpc) is 2.85. The lowest BCUT2D eigenvalue weighted by Gasteiger charge is -2.29. The minimum absolute atomic E-state index is 0.434. The van der Waals surface area contributed by atoms with Gasteiger partial charge in [-0.05, 0) is 44.7 Å². The second-order valence-electron chi connectivity index (χ2n) is 5.97. The number of halogens is 1. The Bertz CT molecular complexity index is 599. The standard InChI is InChI=1S/C16H22ClN3/c1-11-8-9-14-16(18-11)20(15(10-17)19-14)12(2)13-6-4-3-5-7-13/h8-9,12-13H,3-7,10H2,1-2H3. The van der Waals surface area contributed by atoms with E-state index in [-0.39, 0.29) is 0 Å². The number of imidazole rings is 1. The zero-order chi connectivity index (χ0) is 14.1. The van der Waals surface area contributed by atoms with Crippen molar-refractivity contribution in [2.45, 2.75) is 57.9 Å². The van der Waals surface area contributed by atoms with E-state index in [1.165, 1.54) is 32.1 Å². The Hall–Kier alpha value is -1.09. The summed E-state index contributed by atoms with van der Waals surface area (Å²) in [5.41, 5.74) is 3.00.